The molecule has 0 fully saturated rings. The molecule has 158 valence electrons. The smallest absolute Gasteiger partial charge is 0.278 e. The maximum atomic E-state index is 13.0. The predicted molar refractivity (Wildman–Crippen MR) is 118 cm³/mol. The monoisotopic (exact) mass is 416 g/mol. The highest BCUT2D eigenvalue weighted by atomic mass is 16.2. The van der Waals surface area contributed by atoms with Crippen LogP contribution in [0, 0.1) is 6.92 Å². The maximum absolute atomic E-state index is 13.0. The third-order valence-corrected chi connectivity index (χ3v) is 5.34. The van der Waals surface area contributed by atoms with E-state index in [2.05, 4.69) is 10.4 Å². The minimum Gasteiger partial charge on any atom is -0.352 e. The van der Waals surface area contributed by atoms with Gasteiger partial charge >= 0.3 is 0 Å². The Hall–Kier alpha value is -3.74. The van der Waals surface area contributed by atoms with Crippen molar-refractivity contribution in [3.05, 3.63) is 93.4 Å². The highest BCUT2D eigenvalue weighted by Crippen LogP contribution is 2.28. The van der Waals surface area contributed by atoms with Crippen LogP contribution < -0.4 is 15.8 Å². The number of aryl methyl sites for hydroxylation is 2. The van der Waals surface area contributed by atoms with E-state index < -0.39 is 0 Å². The molecule has 1 aromatic heterocycles. The summed E-state index contributed by atoms with van der Waals surface area (Å²) in [6, 6.07) is 18.4. The summed E-state index contributed by atoms with van der Waals surface area (Å²) >= 11 is 0. The van der Waals surface area contributed by atoms with E-state index in [9.17, 15) is 14.4 Å². The highest BCUT2D eigenvalue weighted by molar-refractivity contribution is 6.05. The fraction of sp³-hybridized carbons (Fsp3) is 0.250. The summed E-state index contributed by atoms with van der Waals surface area (Å²) in [5.41, 5.74) is 3.99. The second-order valence-electron chi connectivity index (χ2n) is 7.63. The molecule has 2 heterocycles. The topological polar surface area (TPSA) is 84.3 Å². The summed E-state index contributed by atoms with van der Waals surface area (Å²) in [6.07, 6.45) is 0.894. The van der Waals surface area contributed by atoms with Crippen LogP contribution in [-0.4, -0.2) is 28.1 Å². The molecular weight excluding hydrogens is 392 g/mol. The van der Waals surface area contributed by atoms with Crippen LogP contribution in [0.2, 0.25) is 0 Å². The van der Waals surface area contributed by atoms with Crippen molar-refractivity contribution in [3.8, 4) is 0 Å². The van der Waals surface area contributed by atoms with Crippen molar-refractivity contribution in [1.82, 2.24) is 15.1 Å². The lowest BCUT2D eigenvalue weighted by atomic mass is 10.1. The number of carbonyl (C=O) groups excluding carboxylic acids is 2. The van der Waals surface area contributed by atoms with Crippen LogP contribution in [0.4, 0.5) is 5.69 Å². The first-order chi connectivity index (χ1) is 15.0. The largest absolute Gasteiger partial charge is 0.352 e. The van der Waals surface area contributed by atoms with Crippen LogP contribution in [0.25, 0.3) is 0 Å². The molecule has 0 unspecified atom stereocenters. The van der Waals surface area contributed by atoms with Gasteiger partial charge in [-0.3, -0.25) is 14.4 Å². The number of hydrogen-bond acceptors (Lipinski definition) is 4. The molecule has 0 saturated carbocycles. The fourth-order valence-corrected chi connectivity index (χ4v) is 3.73. The van der Waals surface area contributed by atoms with E-state index in [1.54, 1.807) is 4.90 Å². The van der Waals surface area contributed by atoms with E-state index in [1.807, 2.05) is 55.5 Å². The van der Waals surface area contributed by atoms with Gasteiger partial charge in [-0.2, -0.15) is 5.10 Å². The molecule has 0 bridgehead atoms. The van der Waals surface area contributed by atoms with Crippen molar-refractivity contribution in [2.24, 2.45) is 0 Å². The molecule has 7 heteroatoms. The molecule has 4 rings (SSSR count). The SMILES string of the molecule is Cc1cccc(CNC(=O)CCn2nc(C(=O)N3CCc4ccccc43)ccc2=O)c1. The number of nitrogens with zero attached hydrogens (tertiary/aromatic N) is 3. The molecule has 0 aliphatic carbocycles. The van der Waals surface area contributed by atoms with Gasteiger partial charge in [-0.15, -0.1) is 0 Å². The maximum Gasteiger partial charge on any atom is 0.278 e. The van der Waals surface area contributed by atoms with Crippen LogP contribution in [0.5, 0.6) is 0 Å². The lowest BCUT2D eigenvalue weighted by Crippen LogP contribution is -2.33. The summed E-state index contributed by atoms with van der Waals surface area (Å²) in [5.74, 6) is -0.428. The van der Waals surface area contributed by atoms with Gasteiger partial charge in [-0.05, 0) is 36.6 Å². The molecule has 1 N–H and O–H groups in total. The number of para-hydroxylation sites is 1. The first-order valence-electron chi connectivity index (χ1n) is 10.3. The number of fused-ring (bicyclic) bond motifs is 1. The molecule has 7 nitrogen and oxygen atoms in total. The minimum absolute atomic E-state index is 0.100. The van der Waals surface area contributed by atoms with Gasteiger partial charge in [0, 0.05) is 31.3 Å². The zero-order valence-corrected chi connectivity index (χ0v) is 17.4. The average Bonchev–Trinajstić information content (AvgIpc) is 3.21. The molecule has 0 spiro atoms. The lowest BCUT2D eigenvalue weighted by molar-refractivity contribution is -0.121. The molecule has 2 aromatic carbocycles. The van der Waals surface area contributed by atoms with Gasteiger partial charge in [-0.25, -0.2) is 4.68 Å². The Balaban J connectivity index is 1.39. The van der Waals surface area contributed by atoms with E-state index in [-0.39, 0.29) is 36.0 Å². The first-order valence-corrected chi connectivity index (χ1v) is 10.3. The summed E-state index contributed by atoms with van der Waals surface area (Å²) in [6.45, 7) is 3.12. The van der Waals surface area contributed by atoms with Gasteiger partial charge in [0.1, 0.15) is 5.69 Å². The van der Waals surface area contributed by atoms with Crippen molar-refractivity contribution >= 4 is 17.5 Å². The molecule has 1 aliphatic rings. The van der Waals surface area contributed by atoms with E-state index in [0.717, 1.165) is 28.8 Å². The highest BCUT2D eigenvalue weighted by Gasteiger charge is 2.26. The lowest BCUT2D eigenvalue weighted by Gasteiger charge is -2.17. The predicted octanol–water partition coefficient (Wildman–Crippen LogP) is 2.46. The van der Waals surface area contributed by atoms with Crippen molar-refractivity contribution < 1.29 is 9.59 Å². The number of aromatic nitrogens is 2. The molecule has 31 heavy (non-hydrogen) atoms. The van der Waals surface area contributed by atoms with E-state index in [0.29, 0.717) is 13.1 Å². The molecule has 1 aliphatic heterocycles. The Morgan fingerprint density at radius 3 is 2.74 bits per heavy atom. The Morgan fingerprint density at radius 1 is 1.06 bits per heavy atom. The van der Waals surface area contributed by atoms with Gasteiger partial charge < -0.3 is 10.2 Å². The first kappa shape index (κ1) is 20.5. The van der Waals surface area contributed by atoms with E-state index >= 15 is 0 Å². The third kappa shape index (κ3) is 4.71. The number of amides is 2. The van der Waals surface area contributed by atoms with Crippen LogP contribution in [0.3, 0.4) is 0 Å². The summed E-state index contributed by atoms with van der Waals surface area (Å²) < 4.78 is 1.18. The van der Waals surface area contributed by atoms with Crippen molar-refractivity contribution in [2.45, 2.75) is 32.9 Å². The molecule has 0 atom stereocenters. The summed E-state index contributed by atoms with van der Waals surface area (Å²) in [4.78, 5) is 39.1. The molecule has 3 aromatic rings. The number of hydrogen-bond donors (Lipinski definition) is 1. The van der Waals surface area contributed by atoms with Gasteiger partial charge in [0.2, 0.25) is 5.91 Å². The van der Waals surface area contributed by atoms with Crippen molar-refractivity contribution in [3.63, 3.8) is 0 Å². The third-order valence-electron chi connectivity index (χ3n) is 5.34. The molecule has 0 radical (unpaired) electrons. The van der Waals surface area contributed by atoms with Gasteiger partial charge in [0.15, 0.2) is 0 Å². The standard InChI is InChI=1S/C24H24N4O3/c1-17-5-4-6-18(15-17)16-25-22(29)12-14-28-23(30)10-9-20(26-28)24(31)27-13-11-19-7-2-3-8-21(19)27/h2-10,15H,11-14,16H2,1H3,(H,25,29). The molecule has 0 saturated heterocycles. The average molecular weight is 416 g/mol. The number of nitrogens with one attached hydrogen (secondary N) is 1. The quantitative estimate of drug-likeness (QED) is 0.669. The van der Waals surface area contributed by atoms with Crippen LogP contribution in [0.15, 0.2) is 65.5 Å². The number of anilines is 1. The minimum atomic E-state index is -0.343. The Kier molecular flexibility index (Phi) is 5.93. The summed E-state index contributed by atoms with van der Waals surface area (Å²) in [5, 5.41) is 7.08. The second kappa shape index (κ2) is 8.95. The van der Waals surface area contributed by atoms with Crippen LogP contribution in [-0.2, 0) is 24.3 Å². The van der Waals surface area contributed by atoms with Gasteiger partial charge in [0.25, 0.3) is 11.5 Å². The van der Waals surface area contributed by atoms with Crippen molar-refractivity contribution in [1.29, 1.82) is 0 Å². The number of rotatable bonds is 6. The second-order valence-corrected chi connectivity index (χ2v) is 7.63. The van der Waals surface area contributed by atoms with Gasteiger partial charge in [0.05, 0.1) is 6.54 Å². The zero-order chi connectivity index (χ0) is 21.8. The Labute approximate surface area is 180 Å². The van der Waals surface area contributed by atoms with Crippen LogP contribution in [0.1, 0.15) is 33.6 Å². The normalized spacial score (nSPS) is 12.5. The molecular formula is C24H24N4O3. The fourth-order valence-electron chi connectivity index (χ4n) is 3.73. The molecule has 2 amide bonds. The zero-order valence-electron chi connectivity index (χ0n) is 17.4. The number of carbonyl (C=O) groups is 2. The summed E-state index contributed by atoms with van der Waals surface area (Å²) in [7, 11) is 0. The van der Waals surface area contributed by atoms with Gasteiger partial charge in [-0.1, -0.05) is 48.0 Å². The number of benzene rings is 2. The van der Waals surface area contributed by atoms with E-state index in [1.165, 1.54) is 16.8 Å². The Morgan fingerprint density at radius 2 is 1.90 bits per heavy atom. The van der Waals surface area contributed by atoms with Crippen LogP contribution >= 0.6 is 0 Å². The van der Waals surface area contributed by atoms with Crippen molar-refractivity contribution in [2.75, 3.05) is 11.4 Å². The van der Waals surface area contributed by atoms with E-state index in [4.69, 9.17) is 0 Å². The Bertz CT molecular complexity index is 1190.